The lowest BCUT2D eigenvalue weighted by atomic mass is 9.97. The minimum atomic E-state index is -0.403. The van der Waals surface area contributed by atoms with Gasteiger partial charge in [0, 0.05) is 34.1 Å². The smallest absolute Gasteiger partial charge is 0.157 e. The molecule has 5 atom stereocenters. The van der Waals surface area contributed by atoms with Crippen LogP contribution in [0.4, 0.5) is 5.69 Å². The molecular weight excluding hydrogens is 314 g/mol. The third-order valence-corrected chi connectivity index (χ3v) is 4.18. The SMILES string of the molecule is COC[C@H]1O[C@@H](Nc2ccc(OC)cc2)[C@H](OC)[C@@H](OC)[C@@H]1OC. The zero-order valence-electron chi connectivity index (χ0n) is 14.9. The molecule has 0 aliphatic carbocycles. The Labute approximate surface area is 143 Å². The summed E-state index contributed by atoms with van der Waals surface area (Å²) in [6, 6.07) is 7.60. The van der Waals surface area contributed by atoms with Crippen LogP contribution < -0.4 is 10.1 Å². The van der Waals surface area contributed by atoms with Crippen molar-refractivity contribution in [1.82, 2.24) is 0 Å². The van der Waals surface area contributed by atoms with Crippen LogP contribution in [0, 0.1) is 0 Å². The first-order chi connectivity index (χ1) is 11.7. The Morgan fingerprint density at radius 3 is 2.00 bits per heavy atom. The molecule has 136 valence electrons. The molecule has 0 saturated carbocycles. The summed E-state index contributed by atoms with van der Waals surface area (Å²) in [6.07, 6.45) is -1.58. The maximum absolute atomic E-state index is 6.13. The van der Waals surface area contributed by atoms with Crippen molar-refractivity contribution >= 4 is 5.69 Å². The molecule has 7 heteroatoms. The Hall–Kier alpha value is -1.38. The number of anilines is 1. The predicted octanol–water partition coefficient (Wildman–Crippen LogP) is 1.52. The third kappa shape index (κ3) is 4.17. The zero-order valence-corrected chi connectivity index (χ0v) is 14.9. The van der Waals surface area contributed by atoms with E-state index in [-0.39, 0.29) is 24.4 Å². The highest BCUT2D eigenvalue weighted by Crippen LogP contribution is 2.28. The first-order valence-corrected chi connectivity index (χ1v) is 7.81. The van der Waals surface area contributed by atoms with E-state index in [0.717, 1.165) is 11.4 Å². The van der Waals surface area contributed by atoms with Gasteiger partial charge in [-0.2, -0.15) is 0 Å². The van der Waals surface area contributed by atoms with Gasteiger partial charge in [-0.05, 0) is 24.3 Å². The number of hydrogen-bond acceptors (Lipinski definition) is 7. The highest BCUT2D eigenvalue weighted by atomic mass is 16.6. The molecular formula is C17H27NO6. The molecule has 1 aromatic rings. The number of benzene rings is 1. The van der Waals surface area contributed by atoms with Crippen LogP contribution in [0.1, 0.15) is 0 Å². The van der Waals surface area contributed by atoms with Crippen LogP contribution in [-0.4, -0.2) is 72.8 Å². The number of methoxy groups -OCH3 is 5. The van der Waals surface area contributed by atoms with Crippen molar-refractivity contribution in [1.29, 1.82) is 0 Å². The van der Waals surface area contributed by atoms with E-state index in [1.165, 1.54) is 0 Å². The zero-order chi connectivity index (χ0) is 17.5. The van der Waals surface area contributed by atoms with Crippen molar-refractivity contribution in [2.75, 3.05) is 47.5 Å². The second kappa shape index (κ2) is 9.19. The van der Waals surface area contributed by atoms with Gasteiger partial charge in [-0.3, -0.25) is 0 Å². The third-order valence-electron chi connectivity index (χ3n) is 4.18. The molecule has 7 nitrogen and oxygen atoms in total. The van der Waals surface area contributed by atoms with Crippen molar-refractivity contribution in [3.05, 3.63) is 24.3 Å². The summed E-state index contributed by atoms with van der Waals surface area (Å²) >= 11 is 0. The largest absolute Gasteiger partial charge is 0.497 e. The fourth-order valence-electron chi connectivity index (χ4n) is 2.99. The lowest BCUT2D eigenvalue weighted by Gasteiger charge is -2.45. The lowest BCUT2D eigenvalue weighted by molar-refractivity contribution is -0.243. The summed E-state index contributed by atoms with van der Waals surface area (Å²) in [5, 5.41) is 3.34. The monoisotopic (exact) mass is 341 g/mol. The topological polar surface area (TPSA) is 67.4 Å². The molecule has 1 N–H and O–H groups in total. The number of rotatable bonds is 8. The van der Waals surface area contributed by atoms with Gasteiger partial charge in [0.05, 0.1) is 13.7 Å². The van der Waals surface area contributed by atoms with Crippen LogP contribution in [0.2, 0.25) is 0 Å². The van der Waals surface area contributed by atoms with Crippen LogP contribution in [0.25, 0.3) is 0 Å². The molecule has 0 unspecified atom stereocenters. The molecule has 24 heavy (non-hydrogen) atoms. The maximum atomic E-state index is 6.13. The van der Waals surface area contributed by atoms with Gasteiger partial charge in [0.25, 0.3) is 0 Å². The van der Waals surface area contributed by atoms with E-state index in [0.29, 0.717) is 6.61 Å². The Balaban J connectivity index is 2.18. The number of hydrogen-bond donors (Lipinski definition) is 1. The molecule has 0 spiro atoms. The van der Waals surface area contributed by atoms with E-state index in [1.54, 1.807) is 35.5 Å². The van der Waals surface area contributed by atoms with Gasteiger partial charge >= 0.3 is 0 Å². The molecule has 1 heterocycles. The normalized spacial score (nSPS) is 30.1. The van der Waals surface area contributed by atoms with Gasteiger partial charge in [0.1, 0.15) is 30.2 Å². The molecule has 2 rings (SSSR count). The predicted molar refractivity (Wildman–Crippen MR) is 89.5 cm³/mol. The first-order valence-electron chi connectivity index (χ1n) is 7.81. The van der Waals surface area contributed by atoms with E-state index < -0.39 is 6.23 Å². The van der Waals surface area contributed by atoms with Gasteiger partial charge in [-0.1, -0.05) is 0 Å². The molecule has 1 saturated heterocycles. The molecule has 0 bridgehead atoms. The van der Waals surface area contributed by atoms with Crippen molar-refractivity contribution in [2.45, 2.75) is 30.6 Å². The van der Waals surface area contributed by atoms with Crippen LogP contribution in [0.15, 0.2) is 24.3 Å². The van der Waals surface area contributed by atoms with E-state index in [4.69, 9.17) is 28.4 Å². The Morgan fingerprint density at radius 1 is 0.875 bits per heavy atom. The standard InChI is InChI=1S/C17H27NO6/c1-19-10-13-14(21-3)15(22-4)16(23-5)17(24-13)18-11-6-8-12(20-2)9-7-11/h6-9,13-18H,10H2,1-5H3/t13-,14-,15+,16-,17-/m1/s1. The van der Waals surface area contributed by atoms with E-state index in [9.17, 15) is 0 Å². The van der Waals surface area contributed by atoms with E-state index in [1.807, 2.05) is 24.3 Å². The second-order valence-electron chi connectivity index (χ2n) is 5.52. The van der Waals surface area contributed by atoms with E-state index in [2.05, 4.69) is 5.32 Å². The lowest BCUT2D eigenvalue weighted by Crippen LogP contribution is -2.62. The number of nitrogens with one attached hydrogen (secondary N) is 1. The summed E-state index contributed by atoms with van der Waals surface area (Å²) in [5.74, 6) is 0.792. The molecule has 1 aliphatic rings. The molecule has 0 radical (unpaired) electrons. The molecule has 0 aromatic heterocycles. The van der Waals surface area contributed by atoms with Crippen LogP contribution >= 0.6 is 0 Å². The average Bonchev–Trinajstić information content (AvgIpc) is 2.62. The molecule has 0 amide bonds. The highest BCUT2D eigenvalue weighted by molar-refractivity contribution is 5.47. The van der Waals surface area contributed by atoms with Gasteiger partial charge in [-0.25, -0.2) is 0 Å². The molecule has 1 aliphatic heterocycles. The van der Waals surface area contributed by atoms with Crippen LogP contribution in [0.3, 0.4) is 0 Å². The average molecular weight is 341 g/mol. The van der Waals surface area contributed by atoms with Crippen LogP contribution in [-0.2, 0) is 23.7 Å². The summed E-state index contributed by atoms with van der Waals surface area (Å²) in [4.78, 5) is 0. The Bertz CT molecular complexity index is 482. The maximum Gasteiger partial charge on any atom is 0.157 e. The van der Waals surface area contributed by atoms with Crippen LogP contribution in [0.5, 0.6) is 5.75 Å². The van der Waals surface area contributed by atoms with Crippen molar-refractivity contribution in [2.24, 2.45) is 0 Å². The molecule has 1 fully saturated rings. The minimum Gasteiger partial charge on any atom is -0.497 e. The van der Waals surface area contributed by atoms with Gasteiger partial charge in [0.15, 0.2) is 6.23 Å². The number of ether oxygens (including phenoxy) is 6. The summed E-state index contributed by atoms with van der Waals surface area (Å²) < 4.78 is 33.4. The van der Waals surface area contributed by atoms with Gasteiger partial charge < -0.3 is 33.7 Å². The Morgan fingerprint density at radius 2 is 1.50 bits per heavy atom. The van der Waals surface area contributed by atoms with Gasteiger partial charge in [0.2, 0.25) is 0 Å². The summed E-state index contributed by atoms with van der Waals surface area (Å²) in [6.45, 7) is 0.398. The quantitative estimate of drug-likeness (QED) is 0.769. The van der Waals surface area contributed by atoms with Crippen molar-refractivity contribution in [3.63, 3.8) is 0 Å². The first kappa shape index (κ1) is 19.0. The summed E-state index contributed by atoms with van der Waals surface area (Å²) in [7, 11) is 8.17. The fraction of sp³-hybridized carbons (Fsp3) is 0.647. The highest BCUT2D eigenvalue weighted by Gasteiger charge is 2.47. The minimum absolute atomic E-state index is 0.271. The fourth-order valence-corrected chi connectivity index (χ4v) is 2.99. The van der Waals surface area contributed by atoms with Crippen molar-refractivity contribution in [3.8, 4) is 5.75 Å². The van der Waals surface area contributed by atoms with E-state index >= 15 is 0 Å². The second-order valence-corrected chi connectivity index (χ2v) is 5.52. The summed E-state index contributed by atoms with van der Waals surface area (Å²) in [5.41, 5.74) is 0.893. The van der Waals surface area contributed by atoms with Gasteiger partial charge in [-0.15, -0.1) is 0 Å². The molecule has 1 aromatic carbocycles. The van der Waals surface area contributed by atoms with Crippen molar-refractivity contribution < 1.29 is 28.4 Å². The Kier molecular flexibility index (Phi) is 7.26.